The number of ether oxygens (including phenoxy) is 1. The summed E-state index contributed by atoms with van der Waals surface area (Å²) in [6.07, 6.45) is 3.35. The standard InChI is InChI=1S/C23H22ClN5O3/c1-15(30)27-19-6-3-17(4-7-19)22(31)29-23(26-14-16-9-11-25-12-10-16)28-20-13-18(24)5-8-21(20)32-2/h3-13H,14H2,1-2H3,(H,27,30)(H2,26,28,29,31). The molecular formula is C23H22ClN5O3. The number of guanidine groups is 1. The minimum Gasteiger partial charge on any atom is -0.495 e. The molecule has 3 rings (SSSR count). The van der Waals surface area contributed by atoms with E-state index in [-0.39, 0.29) is 17.8 Å². The lowest BCUT2D eigenvalue weighted by molar-refractivity contribution is -0.114. The van der Waals surface area contributed by atoms with E-state index in [9.17, 15) is 9.59 Å². The van der Waals surface area contributed by atoms with Gasteiger partial charge in [0, 0.05) is 35.6 Å². The number of aliphatic imine (C=N–C) groups is 1. The molecule has 3 N–H and O–H groups in total. The maximum Gasteiger partial charge on any atom is 0.257 e. The molecule has 164 valence electrons. The monoisotopic (exact) mass is 451 g/mol. The van der Waals surface area contributed by atoms with Gasteiger partial charge in [-0.05, 0) is 60.2 Å². The summed E-state index contributed by atoms with van der Waals surface area (Å²) in [5.41, 5.74) is 2.47. The van der Waals surface area contributed by atoms with Gasteiger partial charge in [0.2, 0.25) is 11.9 Å². The zero-order chi connectivity index (χ0) is 22.9. The van der Waals surface area contributed by atoms with Crippen LogP contribution in [-0.2, 0) is 11.3 Å². The Morgan fingerprint density at radius 1 is 1.03 bits per heavy atom. The number of hydrogen-bond donors (Lipinski definition) is 3. The smallest absolute Gasteiger partial charge is 0.257 e. The largest absolute Gasteiger partial charge is 0.495 e. The molecule has 0 aliphatic carbocycles. The number of carbonyl (C=O) groups excluding carboxylic acids is 2. The summed E-state index contributed by atoms with van der Waals surface area (Å²) in [5.74, 6) is 0.201. The zero-order valence-electron chi connectivity index (χ0n) is 17.6. The van der Waals surface area contributed by atoms with Gasteiger partial charge in [0.15, 0.2) is 0 Å². The summed E-state index contributed by atoms with van der Waals surface area (Å²) in [6.45, 7) is 1.73. The number of amides is 2. The summed E-state index contributed by atoms with van der Waals surface area (Å²) < 4.78 is 5.37. The highest BCUT2D eigenvalue weighted by atomic mass is 35.5. The third-order valence-electron chi connectivity index (χ3n) is 4.28. The van der Waals surface area contributed by atoms with E-state index in [1.165, 1.54) is 14.0 Å². The van der Waals surface area contributed by atoms with Gasteiger partial charge in [0.25, 0.3) is 5.91 Å². The van der Waals surface area contributed by atoms with Crippen molar-refractivity contribution in [3.63, 3.8) is 0 Å². The van der Waals surface area contributed by atoms with Crippen LogP contribution in [0.5, 0.6) is 5.75 Å². The van der Waals surface area contributed by atoms with Gasteiger partial charge in [-0.15, -0.1) is 0 Å². The van der Waals surface area contributed by atoms with Crippen molar-refractivity contribution in [1.82, 2.24) is 10.3 Å². The normalized spacial score (nSPS) is 10.9. The molecule has 32 heavy (non-hydrogen) atoms. The Morgan fingerprint density at radius 2 is 1.75 bits per heavy atom. The van der Waals surface area contributed by atoms with Crippen LogP contribution in [0.25, 0.3) is 0 Å². The molecule has 2 aromatic carbocycles. The average Bonchev–Trinajstić information content (AvgIpc) is 2.78. The third kappa shape index (κ3) is 6.55. The molecule has 0 unspecified atom stereocenters. The average molecular weight is 452 g/mol. The molecule has 1 aromatic heterocycles. The van der Waals surface area contributed by atoms with Gasteiger partial charge in [0.05, 0.1) is 19.3 Å². The predicted octanol–water partition coefficient (Wildman–Crippen LogP) is 4.10. The first kappa shape index (κ1) is 22.8. The van der Waals surface area contributed by atoms with Crippen molar-refractivity contribution >= 4 is 40.7 Å². The van der Waals surface area contributed by atoms with Crippen LogP contribution >= 0.6 is 11.6 Å². The minimum absolute atomic E-state index is 0.188. The molecule has 1 heterocycles. The van der Waals surface area contributed by atoms with Crippen LogP contribution in [0.2, 0.25) is 5.02 Å². The van der Waals surface area contributed by atoms with Crippen molar-refractivity contribution in [2.24, 2.45) is 4.99 Å². The Hall–Kier alpha value is -3.91. The number of benzene rings is 2. The molecule has 0 aliphatic rings. The highest BCUT2D eigenvalue weighted by Crippen LogP contribution is 2.27. The molecule has 2 amide bonds. The van der Waals surface area contributed by atoms with E-state index in [1.807, 2.05) is 12.1 Å². The van der Waals surface area contributed by atoms with E-state index in [0.717, 1.165) is 5.56 Å². The highest BCUT2D eigenvalue weighted by Gasteiger charge is 2.12. The zero-order valence-corrected chi connectivity index (χ0v) is 18.3. The van der Waals surface area contributed by atoms with E-state index in [4.69, 9.17) is 16.3 Å². The van der Waals surface area contributed by atoms with Crippen LogP contribution in [0.1, 0.15) is 22.8 Å². The Balaban J connectivity index is 1.82. The van der Waals surface area contributed by atoms with Gasteiger partial charge >= 0.3 is 0 Å². The quantitative estimate of drug-likeness (QED) is 0.386. The Bertz CT molecular complexity index is 1120. The van der Waals surface area contributed by atoms with Gasteiger partial charge in [-0.2, -0.15) is 0 Å². The fourth-order valence-electron chi connectivity index (χ4n) is 2.76. The van der Waals surface area contributed by atoms with Crippen LogP contribution in [0.15, 0.2) is 72.0 Å². The van der Waals surface area contributed by atoms with Gasteiger partial charge in [-0.3, -0.25) is 19.9 Å². The first-order chi connectivity index (χ1) is 15.4. The maximum atomic E-state index is 12.8. The molecule has 0 atom stereocenters. The highest BCUT2D eigenvalue weighted by molar-refractivity contribution is 6.31. The topological polar surface area (TPSA) is 105 Å². The molecule has 3 aromatic rings. The first-order valence-corrected chi connectivity index (χ1v) is 10.1. The van der Waals surface area contributed by atoms with Crippen LogP contribution < -0.4 is 20.7 Å². The summed E-state index contributed by atoms with van der Waals surface area (Å²) in [6, 6.07) is 15.3. The number of pyridine rings is 1. The van der Waals surface area contributed by atoms with Crippen LogP contribution in [0, 0.1) is 0 Å². The number of hydrogen-bond acceptors (Lipinski definition) is 5. The lowest BCUT2D eigenvalue weighted by Crippen LogP contribution is -2.36. The molecular weight excluding hydrogens is 430 g/mol. The summed E-state index contributed by atoms with van der Waals surface area (Å²) in [5, 5.41) is 9.03. The molecule has 0 radical (unpaired) electrons. The Morgan fingerprint density at radius 3 is 2.41 bits per heavy atom. The Kier molecular flexibility index (Phi) is 7.77. The van der Waals surface area contributed by atoms with E-state index in [1.54, 1.807) is 54.9 Å². The predicted molar refractivity (Wildman–Crippen MR) is 125 cm³/mol. The second-order valence-electron chi connectivity index (χ2n) is 6.70. The molecule has 8 nitrogen and oxygen atoms in total. The van der Waals surface area contributed by atoms with Gasteiger partial charge in [-0.1, -0.05) is 11.6 Å². The fourth-order valence-corrected chi connectivity index (χ4v) is 2.93. The van der Waals surface area contributed by atoms with Crippen molar-refractivity contribution in [2.75, 3.05) is 17.7 Å². The van der Waals surface area contributed by atoms with Crippen molar-refractivity contribution in [3.8, 4) is 5.75 Å². The number of nitrogens with one attached hydrogen (secondary N) is 3. The van der Waals surface area contributed by atoms with Crippen molar-refractivity contribution in [1.29, 1.82) is 0 Å². The number of methoxy groups -OCH3 is 1. The first-order valence-electron chi connectivity index (χ1n) is 9.67. The number of rotatable bonds is 6. The summed E-state index contributed by atoms with van der Waals surface area (Å²) >= 11 is 6.12. The van der Waals surface area contributed by atoms with E-state index in [0.29, 0.717) is 34.3 Å². The van der Waals surface area contributed by atoms with E-state index < -0.39 is 0 Å². The fraction of sp³-hybridized carbons (Fsp3) is 0.130. The number of nitrogens with zero attached hydrogens (tertiary/aromatic N) is 2. The molecule has 0 fully saturated rings. The van der Waals surface area contributed by atoms with Crippen LogP contribution in [0.3, 0.4) is 0 Å². The molecule has 0 saturated carbocycles. The molecule has 0 saturated heterocycles. The molecule has 9 heteroatoms. The number of anilines is 2. The summed E-state index contributed by atoms with van der Waals surface area (Å²) in [4.78, 5) is 32.5. The number of aromatic nitrogens is 1. The minimum atomic E-state index is -0.374. The molecule has 0 spiro atoms. The SMILES string of the molecule is COc1ccc(Cl)cc1NC(=NCc1ccncc1)NC(=O)c1ccc(NC(C)=O)cc1. The summed E-state index contributed by atoms with van der Waals surface area (Å²) in [7, 11) is 1.54. The van der Waals surface area contributed by atoms with E-state index >= 15 is 0 Å². The lowest BCUT2D eigenvalue weighted by atomic mass is 10.2. The van der Waals surface area contributed by atoms with Crippen molar-refractivity contribution < 1.29 is 14.3 Å². The van der Waals surface area contributed by atoms with Gasteiger partial charge < -0.3 is 15.4 Å². The number of carbonyl (C=O) groups is 2. The molecule has 0 bridgehead atoms. The van der Waals surface area contributed by atoms with Crippen LogP contribution in [0.4, 0.5) is 11.4 Å². The van der Waals surface area contributed by atoms with Crippen molar-refractivity contribution in [2.45, 2.75) is 13.5 Å². The second kappa shape index (κ2) is 10.9. The lowest BCUT2D eigenvalue weighted by Gasteiger charge is -2.15. The van der Waals surface area contributed by atoms with Gasteiger partial charge in [0.1, 0.15) is 5.75 Å². The Labute approximate surface area is 190 Å². The molecule has 0 aliphatic heterocycles. The third-order valence-corrected chi connectivity index (χ3v) is 4.52. The van der Waals surface area contributed by atoms with Gasteiger partial charge in [-0.25, -0.2) is 4.99 Å². The van der Waals surface area contributed by atoms with E-state index in [2.05, 4.69) is 25.9 Å². The van der Waals surface area contributed by atoms with Crippen molar-refractivity contribution in [3.05, 3.63) is 83.1 Å². The second-order valence-corrected chi connectivity index (χ2v) is 7.14. The van der Waals surface area contributed by atoms with Crippen LogP contribution in [-0.4, -0.2) is 29.9 Å². The number of halogens is 1. The maximum absolute atomic E-state index is 12.8.